The summed E-state index contributed by atoms with van der Waals surface area (Å²) in [6, 6.07) is 14.3. The highest BCUT2D eigenvalue weighted by Crippen LogP contribution is 2.22. The molecule has 0 fully saturated rings. The zero-order chi connectivity index (χ0) is 34.9. The van der Waals surface area contributed by atoms with Crippen LogP contribution in [0, 0.1) is 0 Å². The van der Waals surface area contributed by atoms with Gasteiger partial charge in [-0.05, 0) is 77.9 Å². The molecule has 6 aromatic rings. The number of fused-ring (bicyclic) bond motifs is 2. The van der Waals surface area contributed by atoms with E-state index in [9.17, 15) is 9.59 Å². The molecule has 6 heterocycles. The standard InChI is InChI=1S/C19H21N5O2.C16H15N5O2/c1-12(2)13-9-19(24-21-11-13)23-18-6-5-15-16(22-18)8-14(10-20-15)17(26)4-3-7-25;1-9(2)10-6-15(21-18-8-10)20-14-4-3-12-13(19-14)5-11(7-17-12)16(22)23/h5-6,8-12,25H,3-4,7H2,1-2H3,(H,22,23,24);3-9H,1-2H3,(H,22,23)(H,19,20,21). The first-order valence-corrected chi connectivity index (χ1v) is 15.7. The van der Waals surface area contributed by atoms with E-state index in [2.05, 4.69) is 78.7 Å². The van der Waals surface area contributed by atoms with Crippen molar-refractivity contribution >= 4 is 57.1 Å². The average Bonchev–Trinajstić information content (AvgIpc) is 3.10. The molecule has 0 spiro atoms. The molecule has 49 heavy (non-hydrogen) atoms. The lowest BCUT2D eigenvalue weighted by Gasteiger charge is -2.09. The summed E-state index contributed by atoms with van der Waals surface area (Å²) in [5, 5.41) is 40.2. The number of carbonyl (C=O) groups is 2. The molecule has 0 aliphatic rings. The van der Waals surface area contributed by atoms with Gasteiger partial charge in [-0.25, -0.2) is 14.8 Å². The fourth-order valence-corrected chi connectivity index (χ4v) is 4.59. The van der Waals surface area contributed by atoms with Gasteiger partial charge >= 0.3 is 5.97 Å². The molecular weight excluding hydrogens is 624 g/mol. The second-order valence-corrected chi connectivity index (χ2v) is 11.8. The largest absolute Gasteiger partial charge is 0.478 e. The summed E-state index contributed by atoms with van der Waals surface area (Å²) in [4.78, 5) is 40.4. The molecular formula is C35H36N10O4. The van der Waals surface area contributed by atoms with Crippen LogP contribution in [-0.4, -0.2) is 68.9 Å². The molecule has 6 rings (SSSR count). The molecule has 0 bridgehead atoms. The molecule has 0 saturated heterocycles. The van der Waals surface area contributed by atoms with Crippen LogP contribution < -0.4 is 10.6 Å². The van der Waals surface area contributed by atoms with Crippen LogP contribution in [0.15, 0.2) is 73.3 Å². The molecule has 0 radical (unpaired) electrons. The second kappa shape index (κ2) is 15.7. The van der Waals surface area contributed by atoms with E-state index in [1.54, 1.807) is 36.8 Å². The van der Waals surface area contributed by atoms with Crippen LogP contribution in [0.3, 0.4) is 0 Å². The normalized spacial score (nSPS) is 11.0. The predicted molar refractivity (Wildman–Crippen MR) is 185 cm³/mol. The topological polar surface area (TPSA) is 202 Å². The number of pyridine rings is 4. The number of aromatic nitrogens is 8. The lowest BCUT2D eigenvalue weighted by molar-refractivity contribution is 0.0696. The predicted octanol–water partition coefficient (Wildman–Crippen LogP) is 6.23. The van der Waals surface area contributed by atoms with E-state index in [4.69, 9.17) is 10.2 Å². The molecule has 6 aromatic heterocycles. The van der Waals surface area contributed by atoms with Crippen molar-refractivity contribution in [3.05, 3.63) is 95.6 Å². The van der Waals surface area contributed by atoms with Crippen molar-refractivity contribution in [3.8, 4) is 0 Å². The first-order chi connectivity index (χ1) is 23.6. The minimum Gasteiger partial charge on any atom is -0.478 e. The third-order valence-corrected chi connectivity index (χ3v) is 7.40. The minimum atomic E-state index is -1.03. The minimum absolute atomic E-state index is 0.00442. The van der Waals surface area contributed by atoms with Gasteiger partial charge in [0.25, 0.3) is 0 Å². The van der Waals surface area contributed by atoms with E-state index in [-0.39, 0.29) is 18.0 Å². The summed E-state index contributed by atoms with van der Waals surface area (Å²) in [6.07, 6.45) is 7.08. The van der Waals surface area contributed by atoms with Crippen LogP contribution in [0.1, 0.15) is 84.2 Å². The number of ketones is 1. The lowest BCUT2D eigenvalue weighted by atomic mass is 10.1. The van der Waals surface area contributed by atoms with Crippen LogP contribution in [0.2, 0.25) is 0 Å². The first kappa shape index (κ1) is 34.3. The maximum absolute atomic E-state index is 12.1. The van der Waals surface area contributed by atoms with Gasteiger partial charge in [0.15, 0.2) is 17.4 Å². The summed E-state index contributed by atoms with van der Waals surface area (Å²) >= 11 is 0. The average molecular weight is 661 g/mol. The highest BCUT2D eigenvalue weighted by Gasteiger charge is 2.11. The first-order valence-electron chi connectivity index (χ1n) is 15.7. The SMILES string of the molecule is CC(C)c1cnnc(Nc2ccc3ncc(C(=O)CCCO)cc3n2)c1.CC(C)c1cnnc(Nc2ccc3ncc(C(=O)O)cc3n2)c1. The molecule has 14 heteroatoms. The molecule has 0 unspecified atom stereocenters. The third kappa shape index (κ3) is 9.08. The summed E-state index contributed by atoms with van der Waals surface area (Å²) in [6.45, 7) is 8.34. The van der Waals surface area contributed by atoms with Crippen LogP contribution in [0.25, 0.3) is 22.1 Å². The van der Waals surface area contributed by atoms with Gasteiger partial charge in [-0.2, -0.15) is 10.2 Å². The van der Waals surface area contributed by atoms with Crippen LogP contribution in [-0.2, 0) is 0 Å². The van der Waals surface area contributed by atoms with Crippen LogP contribution in [0.4, 0.5) is 23.3 Å². The number of aromatic carboxylic acids is 1. The van der Waals surface area contributed by atoms with E-state index < -0.39 is 5.97 Å². The van der Waals surface area contributed by atoms with Gasteiger partial charge < -0.3 is 20.8 Å². The number of anilines is 4. The van der Waals surface area contributed by atoms with Crippen molar-refractivity contribution in [1.82, 2.24) is 40.3 Å². The maximum Gasteiger partial charge on any atom is 0.337 e. The molecule has 0 aliphatic heterocycles. The number of carboxylic acids is 1. The Bertz CT molecular complexity index is 2110. The zero-order valence-corrected chi connectivity index (χ0v) is 27.5. The van der Waals surface area contributed by atoms with Gasteiger partial charge in [0.05, 0.1) is 40.0 Å². The molecule has 4 N–H and O–H groups in total. The summed E-state index contributed by atoms with van der Waals surface area (Å²) in [5.74, 6) is 1.98. The fourth-order valence-electron chi connectivity index (χ4n) is 4.59. The monoisotopic (exact) mass is 660 g/mol. The number of aliphatic hydroxyl groups is 1. The van der Waals surface area contributed by atoms with Gasteiger partial charge in [-0.15, -0.1) is 10.2 Å². The fraction of sp³-hybridized carbons (Fsp3) is 0.257. The maximum atomic E-state index is 12.1. The van der Waals surface area contributed by atoms with E-state index in [0.717, 1.165) is 11.1 Å². The number of nitrogens with one attached hydrogen (secondary N) is 2. The Morgan fingerprint density at radius 2 is 1.14 bits per heavy atom. The second-order valence-electron chi connectivity index (χ2n) is 11.8. The number of aliphatic hydroxyl groups excluding tert-OH is 1. The number of nitrogens with zero attached hydrogens (tertiary/aromatic N) is 8. The van der Waals surface area contributed by atoms with Gasteiger partial charge in [0.2, 0.25) is 0 Å². The van der Waals surface area contributed by atoms with Crippen molar-refractivity contribution in [3.63, 3.8) is 0 Å². The summed E-state index contributed by atoms with van der Waals surface area (Å²) < 4.78 is 0. The van der Waals surface area contributed by atoms with E-state index in [0.29, 0.717) is 75.6 Å². The van der Waals surface area contributed by atoms with Gasteiger partial charge in [0, 0.05) is 31.0 Å². The van der Waals surface area contributed by atoms with Crippen molar-refractivity contribution in [2.75, 3.05) is 17.2 Å². The highest BCUT2D eigenvalue weighted by atomic mass is 16.4. The van der Waals surface area contributed by atoms with Gasteiger partial charge in [0.1, 0.15) is 11.6 Å². The van der Waals surface area contributed by atoms with Crippen LogP contribution >= 0.6 is 0 Å². The number of carbonyl (C=O) groups excluding carboxylic acids is 1. The Hall–Kier alpha value is -6.02. The molecule has 0 saturated carbocycles. The quantitative estimate of drug-likeness (QED) is 0.114. The zero-order valence-electron chi connectivity index (χ0n) is 27.5. The Morgan fingerprint density at radius 1 is 0.653 bits per heavy atom. The van der Waals surface area contributed by atoms with Gasteiger partial charge in [-0.1, -0.05) is 27.7 Å². The third-order valence-electron chi connectivity index (χ3n) is 7.40. The van der Waals surface area contributed by atoms with Gasteiger partial charge in [-0.3, -0.25) is 14.8 Å². The smallest absolute Gasteiger partial charge is 0.337 e. The number of carboxylic acid groups (broad SMARTS) is 1. The Morgan fingerprint density at radius 3 is 1.61 bits per heavy atom. The van der Waals surface area contributed by atoms with Crippen molar-refractivity contribution in [2.24, 2.45) is 0 Å². The Kier molecular flexibility index (Phi) is 11.0. The van der Waals surface area contributed by atoms with Crippen molar-refractivity contribution in [2.45, 2.75) is 52.4 Å². The molecule has 0 amide bonds. The molecule has 250 valence electrons. The Labute approximate surface area is 282 Å². The summed E-state index contributed by atoms with van der Waals surface area (Å²) in [7, 11) is 0. The number of Topliss-reactive ketones (excluding diaryl/α,β-unsaturated/α-hetero) is 1. The lowest BCUT2D eigenvalue weighted by Crippen LogP contribution is -2.03. The highest BCUT2D eigenvalue weighted by molar-refractivity contribution is 5.98. The molecule has 0 atom stereocenters. The van der Waals surface area contributed by atoms with Crippen molar-refractivity contribution < 1.29 is 19.8 Å². The van der Waals surface area contributed by atoms with E-state index in [1.807, 2.05) is 24.3 Å². The van der Waals surface area contributed by atoms with Crippen molar-refractivity contribution in [1.29, 1.82) is 0 Å². The van der Waals surface area contributed by atoms with E-state index >= 15 is 0 Å². The Balaban J connectivity index is 0.000000192. The number of hydrogen-bond donors (Lipinski definition) is 4. The molecule has 14 nitrogen and oxygen atoms in total. The van der Waals surface area contributed by atoms with E-state index in [1.165, 1.54) is 12.3 Å². The number of hydrogen-bond acceptors (Lipinski definition) is 13. The molecule has 0 aliphatic carbocycles. The molecule has 0 aromatic carbocycles. The number of rotatable bonds is 11. The van der Waals surface area contributed by atoms with Crippen LogP contribution in [0.5, 0.6) is 0 Å². The summed E-state index contributed by atoms with van der Waals surface area (Å²) in [5.41, 5.74) is 5.21.